The van der Waals surface area contributed by atoms with Crippen LogP contribution < -0.4 is 4.90 Å². The zero-order chi connectivity index (χ0) is 18.2. The first kappa shape index (κ1) is 16.0. The Balaban J connectivity index is 1.58. The molecule has 1 aromatic carbocycles. The second-order valence-electron chi connectivity index (χ2n) is 6.67. The van der Waals surface area contributed by atoms with Crippen LogP contribution in [0, 0.1) is 0 Å². The summed E-state index contributed by atoms with van der Waals surface area (Å²) < 4.78 is 7.32. The topological polar surface area (TPSA) is 71.9 Å². The summed E-state index contributed by atoms with van der Waals surface area (Å²) in [5.41, 5.74) is 5.20. The first-order valence-electron chi connectivity index (χ1n) is 9.05. The maximum atomic E-state index is 5.45. The maximum Gasteiger partial charge on any atom is 0.129 e. The van der Waals surface area contributed by atoms with Crippen molar-refractivity contribution in [3.63, 3.8) is 0 Å². The van der Waals surface area contributed by atoms with Crippen LogP contribution in [0.25, 0.3) is 33.4 Å². The van der Waals surface area contributed by atoms with Crippen molar-refractivity contribution in [1.82, 2.24) is 25.0 Å². The summed E-state index contributed by atoms with van der Waals surface area (Å²) in [7, 11) is 1.95. The van der Waals surface area contributed by atoms with Crippen LogP contribution >= 0.6 is 0 Å². The minimum Gasteiger partial charge on any atom is -0.378 e. The van der Waals surface area contributed by atoms with Crippen LogP contribution in [-0.2, 0) is 11.8 Å². The lowest BCUT2D eigenvalue weighted by Crippen LogP contribution is -2.36. The third-order valence-corrected chi connectivity index (χ3v) is 5.03. The molecule has 5 rings (SSSR count). The number of morpholine rings is 1. The average molecular weight is 360 g/mol. The number of aromatic amines is 1. The molecule has 0 bridgehead atoms. The number of hydrogen-bond acceptors (Lipinski definition) is 5. The van der Waals surface area contributed by atoms with Crippen LogP contribution in [0.1, 0.15) is 0 Å². The maximum absolute atomic E-state index is 5.45. The number of aryl methyl sites for hydroxylation is 1. The fourth-order valence-corrected chi connectivity index (χ4v) is 3.58. The Morgan fingerprint density at radius 2 is 1.89 bits per heavy atom. The Labute approximate surface area is 156 Å². The second-order valence-corrected chi connectivity index (χ2v) is 6.67. The molecule has 0 radical (unpaired) electrons. The fourth-order valence-electron chi connectivity index (χ4n) is 3.58. The largest absolute Gasteiger partial charge is 0.378 e. The Morgan fingerprint density at radius 3 is 2.70 bits per heavy atom. The highest BCUT2D eigenvalue weighted by atomic mass is 16.5. The van der Waals surface area contributed by atoms with Gasteiger partial charge in [0.2, 0.25) is 0 Å². The highest BCUT2D eigenvalue weighted by Crippen LogP contribution is 2.31. The average Bonchev–Trinajstić information content (AvgIpc) is 3.34. The monoisotopic (exact) mass is 360 g/mol. The molecule has 7 nitrogen and oxygen atoms in total. The molecule has 1 aliphatic rings. The van der Waals surface area contributed by atoms with Crippen molar-refractivity contribution in [2.75, 3.05) is 31.2 Å². The summed E-state index contributed by atoms with van der Waals surface area (Å²) in [4.78, 5) is 6.80. The van der Waals surface area contributed by atoms with E-state index in [4.69, 9.17) is 4.74 Å². The molecule has 1 fully saturated rings. The Morgan fingerprint density at radius 1 is 1.00 bits per heavy atom. The molecule has 27 heavy (non-hydrogen) atoms. The van der Waals surface area contributed by atoms with Gasteiger partial charge in [0.05, 0.1) is 24.4 Å². The molecule has 0 unspecified atom stereocenters. The van der Waals surface area contributed by atoms with Crippen LogP contribution in [0.3, 0.4) is 0 Å². The molecule has 1 N–H and O–H groups in total. The Bertz CT molecular complexity index is 1090. The standard InChI is InChI=1S/C20H20N6O/c1-25-18(5-7-22-25)14-2-3-17-16(12-14)20(24-23-17)15-4-6-21-19(13-15)26-8-10-27-11-9-26/h2-7,12-13H,8-11H2,1H3,(H,23,24). The lowest BCUT2D eigenvalue weighted by Gasteiger charge is -2.27. The number of rotatable bonds is 3. The molecule has 0 spiro atoms. The molecule has 0 aliphatic carbocycles. The van der Waals surface area contributed by atoms with Gasteiger partial charge in [-0.2, -0.15) is 10.2 Å². The first-order valence-corrected chi connectivity index (χ1v) is 9.05. The number of benzene rings is 1. The number of anilines is 1. The molecule has 1 saturated heterocycles. The van der Waals surface area contributed by atoms with Crippen LogP contribution in [-0.4, -0.2) is 51.3 Å². The van der Waals surface area contributed by atoms with E-state index in [0.29, 0.717) is 0 Å². The van der Waals surface area contributed by atoms with Crippen molar-refractivity contribution in [3.8, 4) is 22.5 Å². The summed E-state index contributed by atoms with van der Waals surface area (Å²) in [5.74, 6) is 0.967. The summed E-state index contributed by atoms with van der Waals surface area (Å²) in [6.07, 6.45) is 3.67. The highest BCUT2D eigenvalue weighted by molar-refractivity contribution is 5.95. The summed E-state index contributed by atoms with van der Waals surface area (Å²) >= 11 is 0. The number of H-pyrrole nitrogens is 1. The molecule has 136 valence electrons. The lowest BCUT2D eigenvalue weighted by molar-refractivity contribution is 0.122. The number of nitrogens with one attached hydrogen (secondary N) is 1. The third kappa shape index (κ3) is 2.86. The van der Waals surface area contributed by atoms with E-state index in [2.05, 4.69) is 49.4 Å². The van der Waals surface area contributed by atoms with Crippen LogP contribution in [0.5, 0.6) is 0 Å². The third-order valence-electron chi connectivity index (χ3n) is 5.03. The smallest absolute Gasteiger partial charge is 0.129 e. The molecule has 4 aromatic rings. The van der Waals surface area contributed by atoms with E-state index >= 15 is 0 Å². The van der Waals surface area contributed by atoms with Crippen molar-refractivity contribution in [2.24, 2.45) is 7.05 Å². The van der Waals surface area contributed by atoms with Gasteiger partial charge in [-0.3, -0.25) is 9.78 Å². The van der Waals surface area contributed by atoms with Gasteiger partial charge in [-0.1, -0.05) is 6.07 Å². The number of fused-ring (bicyclic) bond motifs is 1. The molecule has 4 heterocycles. The zero-order valence-corrected chi connectivity index (χ0v) is 15.1. The van der Waals surface area contributed by atoms with Crippen LogP contribution in [0.2, 0.25) is 0 Å². The van der Waals surface area contributed by atoms with Gasteiger partial charge in [0.1, 0.15) is 11.5 Å². The van der Waals surface area contributed by atoms with E-state index in [1.807, 2.05) is 36.3 Å². The predicted molar refractivity (Wildman–Crippen MR) is 105 cm³/mol. The molecule has 1 aliphatic heterocycles. The zero-order valence-electron chi connectivity index (χ0n) is 15.1. The van der Waals surface area contributed by atoms with Gasteiger partial charge in [-0.05, 0) is 30.3 Å². The van der Waals surface area contributed by atoms with Crippen molar-refractivity contribution in [2.45, 2.75) is 0 Å². The highest BCUT2D eigenvalue weighted by Gasteiger charge is 2.15. The predicted octanol–water partition coefficient (Wildman–Crippen LogP) is 2.86. The van der Waals surface area contributed by atoms with Crippen molar-refractivity contribution >= 4 is 16.7 Å². The van der Waals surface area contributed by atoms with Crippen LogP contribution in [0.4, 0.5) is 5.82 Å². The molecule has 7 heteroatoms. The van der Waals surface area contributed by atoms with E-state index in [1.54, 1.807) is 0 Å². The minimum absolute atomic E-state index is 0.741. The summed E-state index contributed by atoms with van der Waals surface area (Å²) in [6, 6.07) is 12.5. The van der Waals surface area contributed by atoms with Crippen molar-refractivity contribution in [3.05, 3.63) is 48.8 Å². The fraction of sp³-hybridized carbons (Fsp3) is 0.250. The summed E-state index contributed by atoms with van der Waals surface area (Å²) in [5, 5.41) is 13.1. The number of nitrogens with zero attached hydrogens (tertiary/aromatic N) is 5. The molecular formula is C20H20N6O. The molecule has 0 saturated carbocycles. The molecular weight excluding hydrogens is 340 g/mol. The van der Waals surface area contributed by atoms with E-state index < -0.39 is 0 Å². The normalized spacial score (nSPS) is 14.8. The first-order chi connectivity index (χ1) is 13.3. The molecule has 3 aromatic heterocycles. The van der Waals surface area contributed by atoms with E-state index in [9.17, 15) is 0 Å². The SMILES string of the molecule is Cn1nccc1-c1ccc2[nH]nc(-c3ccnc(N4CCOCC4)c3)c2c1. The second kappa shape index (κ2) is 6.51. The quantitative estimate of drug-likeness (QED) is 0.608. The van der Waals surface area contributed by atoms with E-state index in [1.165, 1.54) is 0 Å². The van der Waals surface area contributed by atoms with Gasteiger partial charge in [0, 0.05) is 49.0 Å². The van der Waals surface area contributed by atoms with Gasteiger partial charge in [0.25, 0.3) is 0 Å². The number of ether oxygens (including phenoxy) is 1. The van der Waals surface area contributed by atoms with Crippen molar-refractivity contribution < 1.29 is 4.74 Å². The van der Waals surface area contributed by atoms with Crippen LogP contribution in [0.15, 0.2) is 48.8 Å². The number of aromatic nitrogens is 5. The van der Waals surface area contributed by atoms with Crippen molar-refractivity contribution in [1.29, 1.82) is 0 Å². The molecule has 0 atom stereocenters. The van der Waals surface area contributed by atoms with Gasteiger partial charge in [0.15, 0.2) is 0 Å². The summed E-state index contributed by atoms with van der Waals surface area (Å²) in [6.45, 7) is 3.21. The van der Waals surface area contributed by atoms with Gasteiger partial charge < -0.3 is 9.64 Å². The van der Waals surface area contributed by atoms with Gasteiger partial charge in [-0.25, -0.2) is 4.98 Å². The van der Waals surface area contributed by atoms with E-state index in [0.717, 1.165) is 65.5 Å². The number of hydrogen-bond donors (Lipinski definition) is 1. The van der Waals surface area contributed by atoms with E-state index in [-0.39, 0.29) is 0 Å². The number of pyridine rings is 1. The minimum atomic E-state index is 0.741. The molecule has 0 amide bonds. The van der Waals surface area contributed by atoms with Gasteiger partial charge >= 0.3 is 0 Å². The Kier molecular flexibility index (Phi) is 3.86. The lowest BCUT2D eigenvalue weighted by atomic mass is 10.0. The Hall–Kier alpha value is -3.19. The van der Waals surface area contributed by atoms with Gasteiger partial charge in [-0.15, -0.1) is 0 Å².